The van der Waals surface area contributed by atoms with E-state index >= 15 is 0 Å². The number of amides is 1. The minimum atomic E-state index is -0.371. The van der Waals surface area contributed by atoms with Crippen molar-refractivity contribution in [3.05, 3.63) is 12.2 Å². The monoisotopic (exact) mass is 309 g/mol. The number of carbonyl (C=O) groups excluding carboxylic acids is 2. The van der Waals surface area contributed by atoms with Gasteiger partial charge in [-0.05, 0) is 56.8 Å². The maximum atomic E-state index is 11.6. The lowest BCUT2D eigenvalue weighted by molar-refractivity contribution is -0.139. The summed E-state index contributed by atoms with van der Waals surface area (Å²) in [5, 5.41) is 2.88. The predicted molar refractivity (Wildman–Crippen MR) is 83.3 cm³/mol. The van der Waals surface area contributed by atoms with Crippen molar-refractivity contribution in [1.82, 2.24) is 5.32 Å². The van der Waals surface area contributed by atoms with E-state index in [0.717, 1.165) is 18.4 Å². The molecule has 0 aliphatic heterocycles. The van der Waals surface area contributed by atoms with Crippen molar-refractivity contribution in [2.45, 2.75) is 45.4 Å². The second-order valence-corrected chi connectivity index (χ2v) is 6.58. The Morgan fingerprint density at radius 1 is 1.14 bits per heavy atom. The first kappa shape index (κ1) is 16.8. The van der Waals surface area contributed by atoms with E-state index in [0.29, 0.717) is 37.5 Å². The number of fused-ring (bicyclic) bond motifs is 2. The van der Waals surface area contributed by atoms with Crippen LogP contribution in [0.1, 0.15) is 45.4 Å². The highest BCUT2D eigenvalue weighted by Crippen LogP contribution is 2.47. The molecule has 3 atom stereocenters. The van der Waals surface area contributed by atoms with Crippen LogP contribution < -0.4 is 5.32 Å². The lowest BCUT2D eigenvalue weighted by atomic mass is 9.89. The first-order valence-corrected chi connectivity index (χ1v) is 8.29. The molecule has 2 aliphatic rings. The molecule has 22 heavy (non-hydrogen) atoms. The summed E-state index contributed by atoms with van der Waals surface area (Å²) in [6.07, 6.45) is 6.35. The molecule has 124 valence electrons. The quantitative estimate of drug-likeness (QED) is 0.425. The summed E-state index contributed by atoms with van der Waals surface area (Å²) in [7, 11) is 0. The van der Waals surface area contributed by atoms with Gasteiger partial charge in [0.05, 0.1) is 13.2 Å². The number of alkyl carbamates (subject to hydrolysis) is 1. The molecule has 0 aromatic rings. The molecular weight excluding hydrogens is 282 g/mol. The summed E-state index contributed by atoms with van der Waals surface area (Å²) in [5.74, 6) is 1.99. The number of rotatable bonds is 8. The van der Waals surface area contributed by atoms with Crippen LogP contribution in [-0.4, -0.2) is 31.8 Å². The summed E-state index contributed by atoms with van der Waals surface area (Å²) < 4.78 is 10.1. The van der Waals surface area contributed by atoms with Crippen molar-refractivity contribution in [2.24, 2.45) is 17.8 Å². The van der Waals surface area contributed by atoms with Gasteiger partial charge in [-0.25, -0.2) is 9.59 Å². The van der Waals surface area contributed by atoms with Crippen molar-refractivity contribution in [3.63, 3.8) is 0 Å². The third-order valence-corrected chi connectivity index (χ3v) is 4.75. The maximum absolute atomic E-state index is 11.6. The van der Waals surface area contributed by atoms with Gasteiger partial charge in [0.25, 0.3) is 0 Å². The smallest absolute Gasteiger partial charge is 0.407 e. The van der Waals surface area contributed by atoms with E-state index < -0.39 is 0 Å². The Balaban J connectivity index is 1.44. The number of carbonyl (C=O) groups is 2. The Morgan fingerprint density at radius 2 is 1.86 bits per heavy atom. The normalized spacial score (nSPS) is 25.8. The number of esters is 1. The first-order valence-electron chi connectivity index (χ1n) is 8.29. The van der Waals surface area contributed by atoms with Crippen molar-refractivity contribution < 1.29 is 19.1 Å². The van der Waals surface area contributed by atoms with Crippen molar-refractivity contribution in [2.75, 3.05) is 19.8 Å². The molecule has 2 fully saturated rings. The lowest BCUT2D eigenvalue weighted by Crippen LogP contribution is -2.32. The van der Waals surface area contributed by atoms with Gasteiger partial charge in [-0.1, -0.05) is 13.0 Å². The summed E-state index contributed by atoms with van der Waals surface area (Å²) >= 11 is 0. The van der Waals surface area contributed by atoms with Crippen LogP contribution in [0, 0.1) is 17.8 Å². The van der Waals surface area contributed by atoms with E-state index in [9.17, 15) is 9.59 Å². The standard InChI is InChI=1S/C17H27NO4/c1-12(2)16(19)21-7-3-4-8-22-17(20)18-11-15-10-13-5-6-14(15)9-13/h13-15H,1,3-11H2,2H3,(H,18,20). The summed E-state index contributed by atoms with van der Waals surface area (Å²) in [4.78, 5) is 22.7. The van der Waals surface area contributed by atoms with Gasteiger partial charge in [-0.2, -0.15) is 0 Å². The summed E-state index contributed by atoms with van der Waals surface area (Å²) in [6.45, 7) is 6.56. The van der Waals surface area contributed by atoms with Crippen molar-refractivity contribution >= 4 is 12.1 Å². The Kier molecular flexibility index (Phi) is 6.28. The lowest BCUT2D eigenvalue weighted by Gasteiger charge is -2.21. The molecule has 2 aliphatic carbocycles. The molecule has 2 rings (SSSR count). The third-order valence-electron chi connectivity index (χ3n) is 4.75. The van der Waals surface area contributed by atoms with E-state index in [-0.39, 0.29) is 12.1 Å². The Hall–Kier alpha value is -1.52. The number of hydrogen-bond acceptors (Lipinski definition) is 4. The zero-order valence-electron chi connectivity index (χ0n) is 13.4. The molecule has 2 bridgehead atoms. The van der Waals surface area contributed by atoms with Crippen LogP contribution in [0.3, 0.4) is 0 Å². The zero-order chi connectivity index (χ0) is 15.9. The van der Waals surface area contributed by atoms with Crippen LogP contribution in [0.15, 0.2) is 12.2 Å². The second kappa shape index (κ2) is 8.20. The third kappa shape index (κ3) is 5.04. The van der Waals surface area contributed by atoms with Crippen LogP contribution in [0.5, 0.6) is 0 Å². The highest BCUT2D eigenvalue weighted by molar-refractivity contribution is 5.86. The Morgan fingerprint density at radius 3 is 2.45 bits per heavy atom. The van der Waals surface area contributed by atoms with E-state index in [1.807, 2.05) is 0 Å². The minimum Gasteiger partial charge on any atom is -0.462 e. The number of unbranched alkanes of at least 4 members (excludes halogenated alkanes) is 1. The topological polar surface area (TPSA) is 64.6 Å². The van der Waals surface area contributed by atoms with Gasteiger partial charge in [0.15, 0.2) is 0 Å². The molecule has 0 aromatic heterocycles. The Bertz CT molecular complexity index is 421. The molecule has 0 radical (unpaired) electrons. The number of hydrogen-bond donors (Lipinski definition) is 1. The van der Waals surface area contributed by atoms with Crippen LogP contribution in [0.25, 0.3) is 0 Å². The molecule has 1 N–H and O–H groups in total. The van der Waals surface area contributed by atoms with Crippen LogP contribution in [-0.2, 0) is 14.3 Å². The van der Waals surface area contributed by atoms with Crippen molar-refractivity contribution in [1.29, 1.82) is 0 Å². The first-order chi connectivity index (χ1) is 10.6. The molecule has 2 saturated carbocycles. The SMILES string of the molecule is C=C(C)C(=O)OCCCCOC(=O)NCC1CC2CCC1C2. The molecule has 1 amide bonds. The molecule has 0 heterocycles. The molecule has 3 unspecified atom stereocenters. The van der Waals surface area contributed by atoms with Crippen LogP contribution in [0.2, 0.25) is 0 Å². The van der Waals surface area contributed by atoms with Gasteiger partial charge in [0, 0.05) is 12.1 Å². The molecule has 0 spiro atoms. The van der Waals surface area contributed by atoms with E-state index in [2.05, 4.69) is 11.9 Å². The molecule has 5 nitrogen and oxygen atoms in total. The molecule has 0 aromatic carbocycles. The molecule has 0 saturated heterocycles. The predicted octanol–water partition coefficient (Wildman–Crippen LogP) is 3.05. The highest BCUT2D eigenvalue weighted by atomic mass is 16.5. The average Bonchev–Trinajstić information content (AvgIpc) is 3.10. The second-order valence-electron chi connectivity index (χ2n) is 6.58. The van der Waals surface area contributed by atoms with Crippen LogP contribution >= 0.6 is 0 Å². The highest BCUT2D eigenvalue weighted by Gasteiger charge is 2.39. The molecular formula is C17H27NO4. The minimum absolute atomic E-state index is 0.332. The number of nitrogens with one attached hydrogen (secondary N) is 1. The van der Waals surface area contributed by atoms with E-state index in [1.165, 1.54) is 25.7 Å². The molecule has 5 heteroatoms. The van der Waals surface area contributed by atoms with Gasteiger partial charge < -0.3 is 14.8 Å². The van der Waals surface area contributed by atoms with E-state index in [1.54, 1.807) is 6.92 Å². The fourth-order valence-electron chi connectivity index (χ4n) is 3.55. The summed E-state index contributed by atoms with van der Waals surface area (Å²) in [5.41, 5.74) is 0.399. The van der Waals surface area contributed by atoms with Crippen LogP contribution in [0.4, 0.5) is 4.79 Å². The largest absolute Gasteiger partial charge is 0.462 e. The van der Waals surface area contributed by atoms with Gasteiger partial charge in [0.1, 0.15) is 0 Å². The van der Waals surface area contributed by atoms with Gasteiger partial charge in [0.2, 0.25) is 0 Å². The van der Waals surface area contributed by atoms with Gasteiger partial charge >= 0.3 is 12.1 Å². The fraction of sp³-hybridized carbons (Fsp3) is 0.765. The van der Waals surface area contributed by atoms with Crippen molar-refractivity contribution in [3.8, 4) is 0 Å². The average molecular weight is 309 g/mol. The zero-order valence-corrected chi connectivity index (χ0v) is 13.4. The fourth-order valence-corrected chi connectivity index (χ4v) is 3.55. The van der Waals surface area contributed by atoms with Gasteiger partial charge in [-0.15, -0.1) is 0 Å². The Labute approximate surface area is 132 Å². The van der Waals surface area contributed by atoms with E-state index in [4.69, 9.17) is 9.47 Å². The maximum Gasteiger partial charge on any atom is 0.407 e. The summed E-state index contributed by atoms with van der Waals surface area (Å²) in [6, 6.07) is 0. The number of ether oxygens (including phenoxy) is 2. The van der Waals surface area contributed by atoms with Gasteiger partial charge in [-0.3, -0.25) is 0 Å².